The molecule has 0 saturated carbocycles. The third-order valence-electron chi connectivity index (χ3n) is 5.31. The van der Waals surface area contributed by atoms with Gasteiger partial charge in [-0.1, -0.05) is 13.0 Å². The van der Waals surface area contributed by atoms with Crippen molar-refractivity contribution in [3.8, 4) is 0 Å². The Bertz CT molecular complexity index is 708. The Kier molecular flexibility index (Phi) is 5.43. The second-order valence-corrected chi connectivity index (χ2v) is 9.41. The van der Waals surface area contributed by atoms with Crippen molar-refractivity contribution in [3.63, 3.8) is 0 Å². The van der Waals surface area contributed by atoms with Gasteiger partial charge in [0.1, 0.15) is 0 Å². The molecule has 0 radical (unpaired) electrons. The number of pyridine rings is 1. The van der Waals surface area contributed by atoms with Crippen molar-refractivity contribution >= 4 is 15.9 Å². The highest BCUT2D eigenvalue weighted by molar-refractivity contribution is 7.89. The van der Waals surface area contributed by atoms with Gasteiger partial charge in [0.05, 0.1) is 18.0 Å². The first-order valence-electron chi connectivity index (χ1n) is 9.10. The number of aromatic nitrogens is 1. The SMILES string of the molecule is CCCS(=O)(=O)N1CCC[C@@]2(CCC(=O)N(Cc3ccccn3)C2)C1. The van der Waals surface area contributed by atoms with E-state index in [9.17, 15) is 13.2 Å². The summed E-state index contributed by atoms with van der Waals surface area (Å²) in [6.07, 6.45) is 5.50. The summed E-state index contributed by atoms with van der Waals surface area (Å²) in [5.41, 5.74) is 0.765. The molecular formula is C18H27N3O3S. The first-order chi connectivity index (χ1) is 11.9. The molecule has 1 amide bonds. The normalized spacial score (nSPS) is 25.5. The predicted molar refractivity (Wildman–Crippen MR) is 96.2 cm³/mol. The summed E-state index contributed by atoms with van der Waals surface area (Å²) >= 11 is 0. The first kappa shape index (κ1) is 18.3. The standard InChI is InChI=1S/C18H27N3O3S/c1-2-12-25(23,24)21-11-5-8-18(15-21)9-7-17(22)20(14-18)13-16-6-3-4-10-19-16/h3-4,6,10H,2,5,7-9,11-15H2,1H3/t18-/m0/s1. The fraction of sp³-hybridized carbons (Fsp3) is 0.667. The lowest BCUT2D eigenvalue weighted by Gasteiger charge is -2.47. The second-order valence-electron chi connectivity index (χ2n) is 7.32. The van der Waals surface area contributed by atoms with Gasteiger partial charge in [0.15, 0.2) is 0 Å². The molecule has 2 fully saturated rings. The molecule has 0 N–H and O–H groups in total. The zero-order chi connectivity index (χ0) is 17.9. The number of nitrogens with zero attached hydrogens (tertiary/aromatic N) is 3. The lowest BCUT2D eigenvalue weighted by atomic mass is 9.74. The average Bonchev–Trinajstić information content (AvgIpc) is 2.59. The Morgan fingerprint density at radius 3 is 2.80 bits per heavy atom. The van der Waals surface area contributed by atoms with Crippen molar-refractivity contribution in [1.82, 2.24) is 14.2 Å². The van der Waals surface area contributed by atoms with E-state index < -0.39 is 10.0 Å². The summed E-state index contributed by atoms with van der Waals surface area (Å²) in [6, 6.07) is 5.71. The average molecular weight is 365 g/mol. The largest absolute Gasteiger partial charge is 0.336 e. The molecule has 138 valence electrons. The number of sulfonamides is 1. The molecular weight excluding hydrogens is 338 g/mol. The molecule has 3 heterocycles. The van der Waals surface area contributed by atoms with Gasteiger partial charge in [0.25, 0.3) is 0 Å². The van der Waals surface area contributed by atoms with Gasteiger partial charge in [-0.3, -0.25) is 9.78 Å². The molecule has 6 nitrogen and oxygen atoms in total. The van der Waals surface area contributed by atoms with Gasteiger partial charge in [0.2, 0.25) is 15.9 Å². The summed E-state index contributed by atoms with van der Waals surface area (Å²) in [4.78, 5) is 18.6. The summed E-state index contributed by atoms with van der Waals surface area (Å²) in [5.74, 6) is 0.351. The van der Waals surface area contributed by atoms with Crippen LogP contribution in [-0.2, 0) is 21.4 Å². The molecule has 1 aromatic heterocycles. The second kappa shape index (κ2) is 7.41. The van der Waals surface area contributed by atoms with Crippen LogP contribution in [0.25, 0.3) is 0 Å². The number of hydrogen-bond acceptors (Lipinski definition) is 4. The third kappa shape index (κ3) is 4.20. The third-order valence-corrected chi connectivity index (χ3v) is 7.33. The maximum atomic E-state index is 12.5. The van der Waals surface area contributed by atoms with Crippen LogP contribution in [0.15, 0.2) is 24.4 Å². The highest BCUT2D eigenvalue weighted by Crippen LogP contribution is 2.40. The maximum Gasteiger partial charge on any atom is 0.222 e. The molecule has 0 unspecified atom stereocenters. The van der Waals surface area contributed by atoms with Gasteiger partial charge >= 0.3 is 0 Å². The molecule has 1 atom stereocenters. The Balaban J connectivity index is 1.73. The molecule has 0 aliphatic carbocycles. The Hall–Kier alpha value is -1.47. The van der Waals surface area contributed by atoms with E-state index in [4.69, 9.17) is 0 Å². The maximum absolute atomic E-state index is 12.5. The lowest BCUT2D eigenvalue weighted by molar-refractivity contribution is -0.139. The van der Waals surface area contributed by atoms with Crippen molar-refractivity contribution < 1.29 is 13.2 Å². The molecule has 1 aromatic rings. The van der Waals surface area contributed by atoms with E-state index in [0.717, 1.165) is 25.0 Å². The number of likely N-dealkylation sites (tertiary alicyclic amines) is 1. The fourth-order valence-corrected chi connectivity index (χ4v) is 5.71. The number of carbonyl (C=O) groups excluding carboxylic acids is 1. The van der Waals surface area contributed by atoms with Crippen LogP contribution in [-0.4, -0.2) is 53.9 Å². The van der Waals surface area contributed by atoms with Crippen LogP contribution in [0.5, 0.6) is 0 Å². The van der Waals surface area contributed by atoms with E-state index in [1.54, 1.807) is 10.5 Å². The van der Waals surface area contributed by atoms with Crippen molar-refractivity contribution in [2.45, 2.75) is 45.6 Å². The van der Waals surface area contributed by atoms with Crippen LogP contribution in [0.2, 0.25) is 0 Å². The van der Waals surface area contributed by atoms with Crippen molar-refractivity contribution in [2.75, 3.05) is 25.4 Å². The number of amides is 1. The van der Waals surface area contributed by atoms with E-state index in [1.165, 1.54) is 0 Å². The Labute approximate surface area is 150 Å². The molecule has 2 saturated heterocycles. The number of piperidine rings is 2. The van der Waals surface area contributed by atoms with Crippen LogP contribution in [0, 0.1) is 5.41 Å². The van der Waals surface area contributed by atoms with Crippen molar-refractivity contribution in [3.05, 3.63) is 30.1 Å². The smallest absolute Gasteiger partial charge is 0.222 e. The Morgan fingerprint density at radius 2 is 2.08 bits per heavy atom. The Morgan fingerprint density at radius 1 is 1.24 bits per heavy atom. The molecule has 2 aliphatic rings. The highest BCUT2D eigenvalue weighted by atomic mass is 32.2. The fourth-order valence-electron chi connectivity index (χ4n) is 4.05. The van der Waals surface area contributed by atoms with Gasteiger partial charge < -0.3 is 4.90 Å². The minimum atomic E-state index is -3.18. The number of hydrogen-bond donors (Lipinski definition) is 0. The summed E-state index contributed by atoms with van der Waals surface area (Å²) < 4.78 is 26.6. The van der Waals surface area contributed by atoms with Gasteiger partial charge in [0, 0.05) is 37.7 Å². The van der Waals surface area contributed by atoms with Crippen LogP contribution < -0.4 is 0 Å². The van der Waals surface area contributed by atoms with Crippen LogP contribution in [0.4, 0.5) is 0 Å². The van der Waals surface area contributed by atoms with Crippen molar-refractivity contribution in [2.24, 2.45) is 5.41 Å². The van der Waals surface area contributed by atoms with Gasteiger partial charge in [-0.15, -0.1) is 0 Å². The van der Waals surface area contributed by atoms with Gasteiger partial charge in [-0.2, -0.15) is 0 Å². The van der Waals surface area contributed by atoms with Crippen LogP contribution >= 0.6 is 0 Å². The lowest BCUT2D eigenvalue weighted by Crippen LogP contribution is -2.55. The quantitative estimate of drug-likeness (QED) is 0.800. The van der Waals surface area contributed by atoms with Crippen molar-refractivity contribution in [1.29, 1.82) is 0 Å². The minimum absolute atomic E-state index is 0.109. The summed E-state index contributed by atoms with van der Waals surface area (Å²) in [7, 11) is -3.18. The topological polar surface area (TPSA) is 70.6 Å². The zero-order valence-electron chi connectivity index (χ0n) is 14.9. The number of carbonyl (C=O) groups is 1. The molecule has 7 heteroatoms. The predicted octanol–water partition coefficient (Wildman–Crippen LogP) is 2.03. The van der Waals surface area contributed by atoms with E-state index in [-0.39, 0.29) is 17.1 Å². The molecule has 25 heavy (non-hydrogen) atoms. The van der Waals surface area contributed by atoms with Gasteiger partial charge in [-0.05, 0) is 37.8 Å². The molecule has 0 aromatic carbocycles. The monoisotopic (exact) mass is 365 g/mol. The van der Waals surface area contributed by atoms with E-state index >= 15 is 0 Å². The first-order valence-corrected chi connectivity index (χ1v) is 10.7. The minimum Gasteiger partial charge on any atom is -0.336 e. The molecule has 0 bridgehead atoms. The van der Waals surface area contributed by atoms with E-state index in [1.807, 2.05) is 30.0 Å². The molecule has 2 aliphatic heterocycles. The molecule has 3 rings (SSSR count). The number of rotatable bonds is 5. The van der Waals surface area contributed by atoms with E-state index in [0.29, 0.717) is 39.0 Å². The summed E-state index contributed by atoms with van der Waals surface area (Å²) in [5, 5.41) is 0. The molecule has 1 spiro atoms. The summed E-state index contributed by atoms with van der Waals surface area (Å²) in [6.45, 7) is 4.18. The van der Waals surface area contributed by atoms with Gasteiger partial charge in [-0.25, -0.2) is 12.7 Å². The van der Waals surface area contributed by atoms with Crippen LogP contribution in [0.3, 0.4) is 0 Å². The zero-order valence-corrected chi connectivity index (χ0v) is 15.7. The van der Waals surface area contributed by atoms with Crippen LogP contribution in [0.1, 0.15) is 44.7 Å². The highest BCUT2D eigenvalue weighted by Gasteiger charge is 2.44. The van der Waals surface area contributed by atoms with E-state index in [2.05, 4.69) is 4.98 Å².